The van der Waals surface area contributed by atoms with Crippen molar-refractivity contribution in [1.82, 2.24) is 4.90 Å². The van der Waals surface area contributed by atoms with Crippen LogP contribution in [0.1, 0.15) is 18.4 Å². The monoisotopic (exact) mass is 316 g/mol. The van der Waals surface area contributed by atoms with Gasteiger partial charge in [0, 0.05) is 13.1 Å². The van der Waals surface area contributed by atoms with Crippen LogP contribution < -0.4 is 5.73 Å². The van der Waals surface area contributed by atoms with Crippen LogP contribution in [-0.4, -0.2) is 41.1 Å². The average molecular weight is 317 g/mol. The van der Waals surface area contributed by atoms with Crippen molar-refractivity contribution in [3.8, 4) is 0 Å². The van der Waals surface area contributed by atoms with E-state index in [9.17, 15) is 9.90 Å². The molecule has 2 rings (SSSR count). The number of nitrogens with two attached hydrogens (primary N) is 1. The van der Waals surface area contributed by atoms with Gasteiger partial charge in [-0.3, -0.25) is 9.69 Å². The predicted octanol–water partition coefficient (Wildman–Crippen LogP) is 1.85. The Morgan fingerprint density at radius 1 is 1.45 bits per heavy atom. The minimum atomic E-state index is -1.41. The predicted molar refractivity (Wildman–Crippen MR) is 80.0 cm³/mol. The number of primary amides is 1. The Labute approximate surface area is 128 Å². The molecule has 0 saturated carbocycles. The highest BCUT2D eigenvalue weighted by molar-refractivity contribution is 6.42. The highest BCUT2D eigenvalue weighted by Gasteiger charge is 2.38. The molecule has 3 N–H and O–H groups in total. The van der Waals surface area contributed by atoms with E-state index in [-0.39, 0.29) is 6.54 Å². The molecule has 1 aliphatic heterocycles. The number of amides is 1. The summed E-state index contributed by atoms with van der Waals surface area (Å²) in [5.41, 5.74) is 4.82. The molecule has 0 bridgehead atoms. The van der Waals surface area contributed by atoms with E-state index in [2.05, 4.69) is 0 Å². The fraction of sp³-hybridized carbons (Fsp3) is 0.500. The van der Waals surface area contributed by atoms with Gasteiger partial charge < -0.3 is 10.8 Å². The van der Waals surface area contributed by atoms with Gasteiger partial charge in [0.2, 0.25) is 0 Å². The van der Waals surface area contributed by atoms with Crippen molar-refractivity contribution in [3.63, 3.8) is 0 Å². The van der Waals surface area contributed by atoms with Gasteiger partial charge in [0.1, 0.15) is 0 Å². The lowest BCUT2D eigenvalue weighted by atomic mass is 9.92. The third kappa shape index (κ3) is 3.44. The first-order valence-corrected chi connectivity index (χ1v) is 7.35. The molecule has 1 fully saturated rings. The van der Waals surface area contributed by atoms with Crippen LogP contribution in [0.5, 0.6) is 0 Å². The first-order valence-electron chi connectivity index (χ1n) is 6.60. The number of halogens is 2. The second-order valence-corrected chi connectivity index (χ2v) is 6.02. The minimum absolute atomic E-state index is 0.278. The van der Waals surface area contributed by atoms with Gasteiger partial charge in [-0.2, -0.15) is 0 Å². The fourth-order valence-electron chi connectivity index (χ4n) is 2.54. The summed E-state index contributed by atoms with van der Waals surface area (Å²) in [4.78, 5) is 13.3. The fourth-order valence-corrected chi connectivity index (χ4v) is 2.95. The van der Waals surface area contributed by atoms with Gasteiger partial charge in [-0.15, -0.1) is 0 Å². The highest BCUT2D eigenvalue weighted by Crippen LogP contribution is 2.27. The van der Waals surface area contributed by atoms with Gasteiger partial charge in [-0.1, -0.05) is 35.3 Å². The van der Waals surface area contributed by atoms with E-state index in [1.54, 1.807) is 6.07 Å². The molecule has 4 nitrogen and oxygen atoms in total. The largest absolute Gasteiger partial charge is 0.379 e. The van der Waals surface area contributed by atoms with E-state index in [0.717, 1.165) is 18.5 Å². The van der Waals surface area contributed by atoms with Crippen molar-refractivity contribution in [2.24, 2.45) is 5.73 Å². The summed E-state index contributed by atoms with van der Waals surface area (Å²) in [7, 11) is 0. The molecule has 6 heteroatoms. The molecule has 1 amide bonds. The number of carbonyl (C=O) groups is 1. The van der Waals surface area contributed by atoms with E-state index in [1.807, 2.05) is 17.0 Å². The van der Waals surface area contributed by atoms with Crippen LogP contribution in [0.15, 0.2) is 18.2 Å². The molecular formula is C14H18Cl2N2O2. The molecule has 1 atom stereocenters. The molecule has 1 saturated heterocycles. The second-order valence-electron chi connectivity index (χ2n) is 5.24. The first kappa shape index (κ1) is 15.6. The van der Waals surface area contributed by atoms with Crippen LogP contribution in [0.4, 0.5) is 0 Å². The number of hydrogen-bond acceptors (Lipinski definition) is 3. The van der Waals surface area contributed by atoms with Gasteiger partial charge in [0.05, 0.1) is 10.0 Å². The average Bonchev–Trinajstić information content (AvgIpc) is 2.40. The molecule has 0 radical (unpaired) electrons. The van der Waals surface area contributed by atoms with Gasteiger partial charge in [-0.05, 0) is 37.4 Å². The Morgan fingerprint density at radius 3 is 2.90 bits per heavy atom. The molecule has 0 aliphatic carbocycles. The Kier molecular flexibility index (Phi) is 4.91. The molecule has 0 spiro atoms. The Morgan fingerprint density at radius 2 is 2.20 bits per heavy atom. The zero-order chi connectivity index (χ0) is 14.8. The lowest BCUT2D eigenvalue weighted by Crippen LogP contribution is -2.56. The Balaban J connectivity index is 1.97. The third-order valence-corrected chi connectivity index (χ3v) is 4.60. The maximum Gasteiger partial charge on any atom is 0.250 e. The van der Waals surface area contributed by atoms with E-state index in [0.29, 0.717) is 29.4 Å². The summed E-state index contributed by atoms with van der Waals surface area (Å²) in [6.07, 6.45) is 1.90. The van der Waals surface area contributed by atoms with Crippen LogP contribution in [-0.2, 0) is 11.2 Å². The van der Waals surface area contributed by atoms with E-state index < -0.39 is 11.5 Å². The molecule has 1 heterocycles. The van der Waals surface area contributed by atoms with Gasteiger partial charge in [-0.25, -0.2) is 0 Å². The summed E-state index contributed by atoms with van der Waals surface area (Å²) in [5, 5.41) is 11.3. The van der Waals surface area contributed by atoms with Crippen LogP contribution in [0.2, 0.25) is 10.0 Å². The summed E-state index contributed by atoms with van der Waals surface area (Å²) >= 11 is 12.1. The number of nitrogens with zero attached hydrogens (tertiary/aromatic N) is 1. The van der Waals surface area contributed by atoms with Crippen molar-refractivity contribution in [2.75, 3.05) is 19.6 Å². The van der Waals surface area contributed by atoms with E-state index in [4.69, 9.17) is 28.9 Å². The molecule has 0 unspecified atom stereocenters. The zero-order valence-electron chi connectivity index (χ0n) is 11.1. The second kappa shape index (κ2) is 6.31. The third-order valence-electron chi connectivity index (χ3n) is 3.74. The van der Waals surface area contributed by atoms with Crippen molar-refractivity contribution in [3.05, 3.63) is 33.8 Å². The van der Waals surface area contributed by atoms with E-state index >= 15 is 0 Å². The quantitative estimate of drug-likeness (QED) is 0.890. The smallest absolute Gasteiger partial charge is 0.250 e. The molecule has 20 heavy (non-hydrogen) atoms. The van der Waals surface area contributed by atoms with Gasteiger partial charge in [0.25, 0.3) is 5.91 Å². The van der Waals surface area contributed by atoms with Crippen molar-refractivity contribution < 1.29 is 9.90 Å². The van der Waals surface area contributed by atoms with Crippen LogP contribution >= 0.6 is 23.2 Å². The topological polar surface area (TPSA) is 66.6 Å². The highest BCUT2D eigenvalue weighted by atomic mass is 35.5. The van der Waals surface area contributed by atoms with E-state index in [1.165, 1.54) is 0 Å². The number of likely N-dealkylation sites (tertiary alicyclic amines) is 1. The number of aliphatic hydroxyl groups is 1. The molecule has 1 aliphatic rings. The Bertz CT molecular complexity index is 510. The minimum Gasteiger partial charge on any atom is -0.379 e. The lowest BCUT2D eigenvalue weighted by Gasteiger charge is -2.37. The SMILES string of the molecule is NC(=O)[C@]1(O)CCCN(CCc2cccc(Cl)c2Cl)C1. The number of hydrogen-bond donors (Lipinski definition) is 2. The van der Waals surface area contributed by atoms with Crippen LogP contribution in [0.3, 0.4) is 0 Å². The molecule has 1 aromatic rings. The Hall–Kier alpha value is -0.810. The lowest BCUT2D eigenvalue weighted by molar-refractivity contribution is -0.142. The van der Waals surface area contributed by atoms with Crippen molar-refractivity contribution in [2.45, 2.75) is 24.9 Å². The standard InChI is InChI=1S/C14H18Cl2N2O2/c15-11-4-1-3-10(12(11)16)5-8-18-7-2-6-14(20,9-18)13(17)19/h1,3-4,20H,2,5-9H2,(H2,17,19)/t14-/m0/s1. The summed E-state index contributed by atoms with van der Waals surface area (Å²) in [6, 6.07) is 5.54. The summed E-state index contributed by atoms with van der Waals surface area (Å²) in [6.45, 7) is 1.82. The number of piperidine rings is 1. The maximum atomic E-state index is 11.3. The van der Waals surface area contributed by atoms with Crippen LogP contribution in [0, 0.1) is 0 Å². The van der Waals surface area contributed by atoms with Crippen molar-refractivity contribution >= 4 is 29.1 Å². The van der Waals surface area contributed by atoms with Crippen molar-refractivity contribution in [1.29, 1.82) is 0 Å². The maximum absolute atomic E-state index is 11.3. The zero-order valence-corrected chi connectivity index (χ0v) is 12.6. The number of carbonyl (C=O) groups excluding carboxylic acids is 1. The molecule has 110 valence electrons. The van der Waals surface area contributed by atoms with Crippen LogP contribution in [0.25, 0.3) is 0 Å². The first-order chi connectivity index (χ1) is 9.42. The summed E-state index contributed by atoms with van der Waals surface area (Å²) in [5.74, 6) is -0.650. The number of benzene rings is 1. The number of β-amino-alcohol motifs (C(OH)–C–C–N with tert-alkyl or cyclic N) is 1. The molecular weight excluding hydrogens is 299 g/mol. The molecule has 1 aromatic carbocycles. The molecule has 0 aromatic heterocycles. The van der Waals surface area contributed by atoms with Gasteiger partial charge in [0.15, 0.2) is 5.60 Å². The number of rotatable bonds is 4. The normalized spacial score (nSPS) is 23.8. The van der Waals surface area contributed by atoms with Gasteiger partial charge >= 0.3 is 0 Å². The summed E-state index contributed by atoms with van der Waals surface area (Å²) < 4.78 is 0.